The number of aromatic nitrogens is 3. The summed E-state index contributed by atoms with van der Waals surface area (Å²) < 4.78 is 32.7. The maximum absolute atomic E-state index is 11.9. The number of carbonyl (C=O) groups is 1. The van der Waals surface area contributed by atoms with Gasteiger partial charge in [-0.1, -0.05) is 32.0 Å². The van der Waals surface area contributed by atoms with Crippen molar-refractivity contribution in [2.45, 2.75) is 78.2 Å². The minimum absolute atomic E-state index is 0.0152. The van der Waals surface area contributed by atoms with Crippen LogP contribution in [-0.4, -0.2) is 39.3 Å². The zero-order valence-electron chi connectivity index (χ0n) is 22.3. The lowest BCUT2D eigenvalue weighted by Gasteiger charge is -2.35. The highest BCUT2D eigenvalue weighted by molar-refractivity contribution is 7.85. The summed E-state index contributed by atoms with van der Waals surface area (Å²) >= 11 is 0. The van der Waals surface area contributed by atoms with E-state index in [1.807, 2.05) is 59.7 Å². The van der Waals surface area contributed by atoms with Crippen molar-refractivity contribution in [1.29, 1.82) is 10.5 Å². The third-order valence-corrected chi connectivity index (χ3v) is 9.23. The Bertz CT molecular complexity index is 1320. The molecule has 1 aromatic heterocycles. The number of hydrogen-bond acceptors (Lipinski definition) is 7. The third-order valence-electron chi connectivity index (χ3n) is 8.37. The zero-order chi connectivity index (χ0) is 27.9. The number of benzene rings is 1. The van der Waals surface area contributed by atoms with Crippen LogP contribution in [0.2, 0.25) is 0 Å². The van der Waals surface area contributed by atoms with Crippen molar-refractivity contribution in [3.05, 3.63) is 47.5 Å². The van der Waals surface area contributed by atoms with E-state index < -0.39 is 32.1 Å². The van der Waals surface area contributed by atoms with E-state index in [-0.39, 0.29) is 17.1 Å². The molecule has 198 valence electrons. The van der Waals surface area contributed by atoms with Gasteiger partial charge in [0.05, 0.1) is 40.7 Å². The van der Waals surface area contributed by atoms with Crippen molar-refractivity contribution in [3.63, 3.8) is 0 Å². The number of fused-ring (bicyclic) bond motifs is 2. The topological polar surface area (TPSA) is 150 Å². The molecule has 2 aliphatic rings. The van der Waals surface area contributed by atoms with Crippen LogP contribution in [0.5, 0.6) is 0 Å². The minimum Gasteiger partial charge on any atom is -0.299 e. The molecule has 0 radical (unpaired) electrons. The maximum Gasteiger partial charge on any atom is 0.265 e. The highest BCUT2D eigenvalue weighted by atomic mass is 32.2. The molecule has 0 aliphatic heterocycles. The quantitative estimate of drug-likeness (QED) is 0.551. The fourth-order valence-corrected chi connectivity index (χ4v) is 6.86. The molecule has 0 amide bonds. The van der Waals surface area contributed by atoms with E-state index in [0.29, 0.717) is 19.4 Å². The molecular formula is C27H35N5O4S. The lowest BCUT2D eigenvalue weighted by Crippen LogP contribution is -2.42. The van der Waals surface area contributed by atoms with Gasteiger partial charge in [0.2, 0.25) is 0 Å². The standard InChI is InChI=1S/C17H19N5.C10H16O4S/c1-16(2,9-18)14-5-13(8-22-12-20-11-21-22)6-15(7-14)17(3,4)10-19;1-9(2)7-3-4-10(9,8(11)5-7)6-15(12,13)14/h5-7,11-12H,8H2,1-4H3;7H,3-6H2,1-2H3,(H,12,13,14). The van der Waals surface area contributed by atoms with Gasteiger partial charge in [0.15, 0.2) is 0 Å². The van der Waals surface area contributed by atoms with Crippen LogP contribution in [0, 0.1) is 39.4 Å². The van der Waals surface area contributed by atoms with Gasteiger partial charge >= 0.3 is 0 Å². The molecule has 0 saturated heterocycles. The smallest absolute Gasteiger partial charge is 0.265 e. The summed E-state index contributed by atoms with van der Waals surface area (Å²) in [7, 11) is -4.08. The number of nitrogens with zero attached hydrogens (tertiary/aromatic N) is 5. The van der Waals surface area contributed by atoms with Crippen LogP contribution < -0.4 is 0 Å². The third kappa shape index (κ3) is 5.61. The van der Waals surface area contributed by atoms with Gasteiger partial charge in [0, 0.05) is 6.42 Å². The van der Waals surface area contributed by atoms with Crippen LogP contribution in [0.15, 0.2) is 30.9 Å². The number of hydrogen-bond donors (Lipinski definition) is 1. The summed E-state index contributed by atoms with van der Waals surface area (Å²) in [6.45, 7) is 12.0. The van der Waals surface area contributed by atoms with Gasteiger partial charge in [-0.05, 0) is 68.6 Å². The monoisotopic (exact) mass is 525 g/mol. The second-order valence-corrected chi connectivity index (χ2v) is 13.3. The normalized spacial score (nSPS) is 22.6. The summed E-state index contributed by atoms with van der Waals surface area (Å²) in [6.07, 6.45) is 5.11. The second-order valence-electron chi connectivity index (χ2n) is 11.9. The first-order valence-corrected chi connectivity index (χ1v) is 13.9. The molecule has 2 saturated carbocycles. The van der Waals surface area contributed by atoms with Crippen molar-refractivity contribution in [3.8, 4) is 12.1 Å². The van der Waals surface area contributed by atoms with Crippen molar-refractivity contribution < 1.29 is 17.8 Å². The van der Waals surface area contributed by atoms with Crippen LogP contribution in [0.4, 0.5) is 0 Å². The van der Waals surface area contributed by atoms with Crippen LogP contribution >= 0.6 is 0 Å². The lowest BCUT2D eigenvalue weighted by atomic mass is 9.70. The number of Topliss-reactive ketones (excluding diaryl/α,β-unsaturated/α-hetero) is 1. The van der Waals surface area contributed by atoms with Crippen LogP contribution in [0.25, 0.3) is 0 Å². The Balaban J connectivity index is 0.000000220. The zero-order valence-corrected chi connectivity index (χ0v) is 23.1. The van der Waals surface area contributed by atoms with Crippen LogP contribution in [-0.2, 0) is 32.3 Å². The first kappa shape index (κ1) is 28.5. The number of carbonyl (C=O) groups excluding carboxylic acids is 1. The van der Waals surface area contributed by atoms with Gasteiger partial charge in [-0.25, -0.2) is 9.67 Å². The molecule has 0 spiro atoms. The van der Waals surface area contributed by atoms with Crippen molar-refractivity contribution in [1.82, 2.24) is 14.8 Å². The summed E-state index contributed by atoms with van der Waals surface area (Å²) in [6, 6.07) is 10.6. The fourth-order valence-electron chi connectivity index (χ4n) is 5.56. The van der Waals surface area contributed by atoms with Gasteiger partial charge in [-0.3, -0.25) is 9.35 Å². The second kappa shape index (κ2) is 9.66. The Morgan fingerprint density at radius 2 is 1.68 bits per heavy atom. The Kier molecular flexibility index (Phi) is 7.44. The summed E-state index contributed by atoms with van der Waals surface area (Å²) in [4.78, 5) is 15.8. The molecule has 1 N–H and O–H groups in total. The van der Waals surface area contributed by atoms with E-state index in [4.69, 9.17) is 4.55 Å². The van der Waals surface area contributed by atoms with Crippen LogP contribution in [0.1, 0.15) is 77.5 Å². The molecule has 2 atom stereocenters. The molecule has 2 bridgehead atoms. The van der Waals surface area contributed by atoms with E-state index in [2.05, 4.69) is 22.2 Å². The van der Waals surface area contributed by atoms with E-state index in [1.165, 1.54) is 6.33 Å². The molecule has 2 aromatic rings. The van der Waals surface area contributed by atoms with E-state index in [0.717, 1.165) is 23.1 Å². The summed E-state index contributed by atoms with van der Waals surface area (Å²) in [5.41, 5.74) is 0.476. The summed E-state index contributed by atoms with van der Waals surface area (Å²) in [5, 5.41) is 22.9. The number of ketones is 1. The van der Waals surface area contributed by atoms with Gasteiger partial charge in [0.1, 0.15) is 18.4 Å². The largest absolute Gasteiger partial charge is 0.299 e. The van der Waals surface area contributed by atoms with Gasteiger partial charge in [-0.15, -0.1) is 0 Å². The molecule has 4 rings (SSSR count). The van der Waals surface area contributed by atoms with Crippen molar-refractivity contribution >= 4 is 15.9 Å². The summed E-state index contributed by atoms with van der Waals surface area (Å²) in [5.74, 6) is -0.101. The highest BCUT2D eigenvalue weighted by Crippen LogP contribution is 2.64. The van der Waals surface area contributed by atoms with Gasteiger partial charge in [0.25, 0.3) is 10.1 Å². The Hall–Kier alpha value is -3.08. The average Bonchev–Trinajstić information content (AvgIpc) is 3.44. The molecule has 2 unspecified atom stereocenters. The number of rotatable bonds is 6. The molecule has 2 aliphatic carbocycles. The van der Waals surface area contributed by atoms with Gasteiger partial charge < -0.3 is 0 Å². The fraction of sp³-hybridized carbons (Fsp3) is 0.593. The predicted octanol–water partition coefficient (Wildman–Crippen LogP) is 4.20. The molecule has 9 nitrogen and oxygen atoms in total. The predicted molar refractivity (Wildman–Crippen MR) is 138 cm³/mol. The van der Waals surface area contributed by atoms with Crippen molar-refractivity contribution in [2.24, 2.45) is 16.7 Å². The molecule has 10 heteroatoms. The molecule has 1 heterocycles. The SMILES string of the molecule is CC(C)(C#N)c1cc(Cn2cncn2)cc(C(C)(C)C#N)c1.CC1(C)C2CCC1(CS(=O)(=O)O)C(=O)C2. The molecule has 37 heavy (non-hydrogen) atoms. The first-order valence-electron chi connectivity index (χ1n) is 12.3. The van der Waals surface area contributed by atoms with E-state index in [1.54, 1.807) is 11.0 Å². The molecule has 1 aromatic carbocycles. The Morgan fingerprint density at radius 3 is 2.05 bits per heavy atom. The first-order chi connectivity index (χ1) is 17.0. The number of nitriles is 2. The lowest BCUT2D eigenvalue weighted by molar-refractivity contribution is -0.128. The maximum atomic E-state index is 11.9. The Labute approximate surface area is 219 Å². The van der Waals surface area contributed by atoms with Gasteiger partial charge in [-0.2, -0.15) is 24.0 Å². The van der Waals surface area contributed by atoms with E-state index >= 15 is 0 Å². The minimum atomic E-state index is -4.08. The average molecular weight is 526 g/mol. The molecule has 2 fully saturated rings. The highest BCUT2D eigenvalue weighted by Gasteiger charge is 2.65. The van der Waals surface area contributed by atoms with E-state index in [9.17, 15) is 23.7 Å². The Morgan fingerprint density at radius 1 is 1.11 bits per heavy atom. The van der Waals surface area contributed by atoms with Crippen molar-refractivity contribution in [2.75, 3.05) is 5.75 Å². The molecular weight excluding hydrogens is 490 g/mol. The van der Waals surface area contributed by atoms with Crippen LogP contribution in [0.3, 0.4) is 0 Å².